The van der Waals surface area contributed by atoms with Crippen LogP contribution in [0.3, 0.4) is 0 Å². The highest BCUT2D eigenvalue weighted by atomic mass is 32.2. The second kappa shape index (κ2) is 7.23. The Morgan fingerprint density at radius 1 is 1.04 bits per heavy atom. The van der Waals surface area contributed by atoms with Gasteiger partial charge in [-0.15, -0.1) is 0 Å². The van der Waals surface area contributed by atoms with Gasteiger partial charge in [-0.2, -0.15) is 21.6 Å². The van der Waals surface area contributed by atoms with Crippen LogP contribution in [0, 0.1) is 0 Å². The van der Waals surface area contributed by atoms with Gasteiger partial charge in [-0.1, -0.05) is 49.6 Å². The van der Waals surface area contributed by atoms with Crippen LogP contribution in [-0.4, -0.2) is 31.9 Å². The molecule has 0 amide bonds. The fourth-order valence-corrected chi connectivity index (χ4v) is 4.50. The summed E-state index contributed by atoms with van der Waals surface area (Å²) in [7, 11) is -5.59. The summed E-state index contributed by atoms with van der Waals surface area (Å²) in [6.07, 6.45) is 6.96. The highest BCUT2D eigenvalue weighted by Gasteiger charge is 2.49. The van der Waals surface area contributed by atoms with Crippen molar-refractivity contribution in [1.82, 2.24) is 4.90 Å². The fraction of sp³-hybridized carbons (Fsp3) is 0.556. The van der Waals surface area contributed by atoms with Crippen molar-refractivity contribution < 1.29 is 25.8 Å². The van der Waals surface area contributed by atoms with E-state index >= 15 is 0 Å². The van der Waals surface area contributed by atoms with Crippen LogP contribution in [0.15, 0.2) is 42.2 Å². The van der Waals surface area contributed by atoms with Crippen molar-refractivity contribution in [3.63, 3.8) is 0 Å². The molecule has 144 valence electrons. The van der Waals surface area contributed by atoms with Gasteiger partial charge in [0.05, 0.1) is 0 Å². The van der Waals surface area contributed by atoms with E-state index in [2.05, 4.69) is 21.2 Å². The van der Waals surface area contributed by atoms with Crippen molar-refractivity contribution in [2.24, 2.45) is 0 Å². The van der Waals surface area contributed by atoms with Crippen LogP contribution < -0.4 is 0 Å². The maximum Gasteiger partial charge on any atom is 0.534 e. The molecule has 1 heterocycles. The Labute approximate surface area is 151 Å². The lowest BCUT2D eigenvalue weighted by Crippen LogP contribution is -2.49. The van der Waals surface area contributed by atoms with Crippen molar-refractivity contribution in [2.45, 2.75) is 49.6 Å². The van der Waals surface area contributed by atoms with E-state index in [0.29, 0.717) is 13.1 Å². The molecule has 0 N–H and O–H groups in total. The first-order valence-electron chi connectivity index (χ1n) is 8.75. The summed E-state index contributed by atoms with van der Waals surface area (Å²) in [6.45, 7) is 0.839. The molecule has 0 saturated heterocycles. The normalized spacial score (nSPS) is 21.9. The third-order valence-electron chi connectivity index (χ3n) is 5.26. The van der Waals surface area contributed by atoms with Gasteiger partial charge >= 0.3 is 15.6 Å². The van der Waals surface area contributed by atoms with Crippen LogP contribution in [0.1, 0.15) is 44.1 Å². The second-order valence-electron chi connectivity index (χ2n) is 6.81. The lowest BCUT2D eigenvalue weighted by Gasteiger charge is -2.48. The molecule has 26 heavy (non-hydrogen) atoms. The average Bonchev–Trinajstić information content (AvgIpc) is 2.62. The van der Waals surface area contributed by atoms with Crippen LogP contribution in [0.2, 0.25) is 0 Å². The first-order chi connectivity index (χ1) is 12.2. The molecule has 1 fully saturated rings. The van der Waals surface area contributed by atoms with E-state index in [1.54, 1.807) is 0 Å². The van der Waals surface area contributed by atoms with Gasteiger partial charge in [0.15, 0.2) is 0 Å². The molecule has 0 aromatic heterocycles. The molecule has 0 spiro atoms. The number of benzene rings is 1. The molecule has 1 saturated carbocycles. The van der Waals surface area contributed by atoms with E-state index in [-0.39, 0.29) is 17.7 Å². The zero-order valence-corrected chi connectivity index (χ0v) is 15.2. The lowest BCUT2D eigenvalue weighted by atomic mass is 9.75. The van der Waals surface area contributed by atoms with E-state index in [9.17, 15) is 21.6 Å². The van der Waals surface area contributed by atoms with Gasteiger partial charge in [-0.3, -0.25) is 4.90 Å². The first-order valence-corrected chi connectivity index (χ1v) is 10.2. The third-order valence-corrected chi connectivity index (χ3v) is 6.27. The van der Waals surface area contributed by atoms with E-state index in [0.717, 1.165) is 25.7 Å². The summed E-state index contributed by atoms with van der Waals surface area (Å²) in [4.78, 5) is 2.24. The number of alkyl halides is 3. The highest BCUT2D eigenvalue weighted by Crippen LogP contribution is 2.43. The van der Waals surface area contributed by atoms with Gasteiger partial charge in [0.25, 0.3) is 0 Å². The summed E-state index contributed by atoms with van der Waals surface area (Å²) >= 11 is 0. The van der Waals surface area contributed by atoms with Crippen molar-refractivity contribution in [3.8, 4) is 0 Å². The van der Waals surface area contributed by atoms with Crippen LogP contribution in [0.4, 0.5) is 13.2 Å². The summed E-state index contributed by atoms with van der Waals surface area (Å²) < 4.78 is 64.1. The van der Waals surface area contributed by atoms with Crippen LogP contribution in [-0.2, 0) is 19.8 Å². The topological polar surface area (TPSA) is 46.6 Å². The maximum absolute atomic E-state index is 12.5. The molecule has 0 atom stereocenters. The molecule has 0 unspecified atom stereocenters. The van der Waals surface area contributed by atoms with Gasteiger partial charge in [0, 0.05) is 25.0 Å². The molecule has 1 aliphatic carbocycles. The molecule has 3 rings (SSSR count). The molecule has 4 nitrogen and oxygen atoms in total. The zero-order chi connectivity index (χ0) is 18.8. The Morgan fingerprint density at radius 2 is 1.69 bits per heavy atom. The Kier molecular flexibility index (Phi) is 5.35. The van der Waals surface area contributed by atoms with Crippen molar-refractivity contribution in [1.29, 1.82) is 0 Å². The number of rotatable bonds is 4. The minimum Gasteiger partial charge on any atom is -0.381 e. The quantitative estimate of drug-likeness (QED) is 0.569. The molecule has 2 aliphatic rings. The van der Waals surface area contributed by atoms with Gasteiger partial charge in [0.1, 0.15) is 5.76 Å². The first kappa shape index (κ1) is 19.2. The van der Waals surface area contributed by atoms with E-state index in [1.165, 1.54) is 18.1 Å². The van der Waals surface area contributed by atoms with Crippen molar-refractivity contribution >= 4 is 10.1 Å². The molecule has 1 aliphatic heterocycles. The number of hydrogen-bond donors (Lipinski definition) is 0. The summed E-state index contributed by atoms with van der Waals surface area (Å²) in [5.74, 6) is -0.127. The SMILES string of the molecule is O=S(=O)(OC1=CCN(C2(c3ccccc3)CCCCC2)CC1)C(F)(F)F. The standard InChI is InChI=1S/C18H22F3NO3S/c19-18(20,21)26(23,24)25-16-9-13-22(14-10-16)17(11-5-2-6-12-17)15-7-3-1-4-8-15/h1,3-4,7-9H,2,5-6,10-14H2. The Hall–Kier alpha value is -1.54. The van der Waals surface area contributed by atoms with E-state index in [1.807, 2.05) is 18.2 Å². The smallest absolute Gasteiger partial charge is 0.381 e. The van der Waals surface area contributed by atoms with Gasteiger partial charge in [-0.05, 0) is 24.5 Å². The van der Waals surface area contributed by atoms with Gasteiger partial charge < -0.3 is 4.18 Å². The zero-order valence-electron chi connectivity index (χ0n) is 14.3. The van der Waals surface area contributed by atoms with Gasteiger partial charge in [-0.25, -0.2) is 0 Å². The van der Waals surface area contributed by atoms with Crippen LogP contribution in [0.25, 0.3) is 0 Å². The predicted octanol–water partition coefficient (Wildman–Crippen LogP) is 4.30. The van der Waals surface area contributed by atoms with Gasteiger partial charge in [0.2, 0.25) is 0 Å². The Balaban J connectivity index is 1.79. The Morgan fingerprint density at radius 3 is 2.23 bits per heavy atom. The maximum atomic E-state index is 12.5. The van der Waals surface area contributed by atoms with Crippen LogP contribution >= 0.6 is 0 Å². The lowest BCUT2D eigenvalue weighted by molar-refractivity contribution is -0.0527. The van der Waals surface area contributed by atoms with Crippen molar-refractivity contribution in [2.75, 3.05) is 13.1 Å². The molecule has 0 bridgehead atoms. The predicted molar refractivity (Wildman–Crippen MR) is 91.5 cm³/mol. The van der Waals surface area contributed by atoms with Crippen molar-refractivity contribution in [3.05, 3.63) is 47.7 Å². The third kappa shape index (κ3) is 3.76. The average molecular weight is 389 g/mol. The highest BCUT2D eigenvalue weighted by molar-refractivity contribution is 7.87. The number of halogens is 3. The summed E-state index contributed by atoms with van der Waals surface area (Å²) in [6, 6.07) is 10.1. The molecular formula is C18H22F3NO3S. The summed E-state index contributed by atoms with van der Waals surface area (Å²) in [5, 5.41) is 0. The second-order valence-corrected chi connectivity index (χ2v) is 8.35. The summed E-state index contributed by atoms with van der Waals surface area (Å²) in [5.41, 5.74) is -4.34. The largest absolute Gasteiger partial charge is 0.534 e. The molecule has 8 heteroatoms. The van der Waals surface area contributed by atoms with Crippen LogP contribution in [0.5, 0.6) is 0 Å². The monoisotopic (exact) mass is 389 g/mol. The minimum absolute atomic E-state index is 0.127. The molecular weight excluding hydrogens is 367 g/mol. The molecule has 1 aromatic carbocycles. The fourth-order valence-electron chi connectivity index (χ4n) is 3.98. The molecule has 0 radical (unpaired) electrons. The Bertz CT molecular complexity index is 754. The van der Waals surface area contributed by atoms with E-state index in [4.69, 9.17) is 0 Å². The minimum atomic E-state index is -5.59. The molecule has 1 aromatic rings. The number of hydrogen-bond acceptors (Lipinski definition) is 4. The van der Waals surface area contributed by atoms with E-state index < -0.39 is 15.6 Å². The number of nitrogens with zero attached hydrogens (tertiary/aromatic N) is 1.